The van der Waals surface area contributed by atoms with Crippen LogP contribution in [0.1, 0.15) is 60.8 Å². The molecule has 4 saturated carbocycles. The minimum absolute atomic E-state index is 0.0207. The van der Waals surface area contributed by atoms with Gasteiger partial charge in [0, 0.05) is 5.41 Å². The molecule has 2 atom stereocenters. The van der Waals surface area contributed by atoms with E-state index in [1.165, 1.54) is 33.4 Å². The molecule has 2 aromatic rings. The Balaban J connectivity index is 1.31. The standard InChI is InChI=1S/C27H28F2O5S/c1-16-6-7-22(21-9-19-4-2-3-5-20(19)23(16)21)26-12-17-8-18(13-26)11-25(10-17,14-26)15-32-24(30)27(28,29)35-34-33-31/h2-7,17-18,31H,8-15H2,1H3/p-1. The molecule has 0 radical (unpaired) electrons. The fourth-order valence-corrected chi connectivity index (χ4v) is 8.50. The van der Waals surface area contributed by atoms with Gasteiger partial charge in [-0.1, -0.05) is 36.4 Å². The molecule has 5 aliphatic carbocycles. The molecule has 0 spiro atoms. The Morgan fingerprint density at radius 1 is 1.14 bits per heavy atom. The molecule has 2 unspecified atom stereocenters. The van der Waals surface area contributed by atoms with E-state index < -0.39 is 23.3 Å². The van der Waals surface area contributed by atoms with Gasteiger partial charge in [-0.15, -0.1) is 0 Å². The highest BCUT2D eigenvalue weighted by atomic mass is 32.2. The molecule has 0 aliphatic heterocycles. The minimum atomic E-state index is -4.01. The first kappa shape index (κ1) is 23.4. The monoisotopic (exact) mass is 501 g/mol. The van der Waals surface area contributed by atoms with Crippen LogP contribution in [0.4, 0.5) is 8.78 Å². The summed E-state index contributed by atoms with van der Waals surface area (Å²) in [6.45, 7) is 2.13. The molecule has 8 heteroatoms. The molecule has 0 aromatic heterocycles. The SMILES string of the molecule is Cc1ccc(C23CC4CC(CC(COC(=O)C(F)(F)SOO[O-])(C4)C2)C3)c2c1-c1ccccc1C2. The van der Waals surface area contributed by atoms with Gasteiger partial charge in [0.05, 0.1) is 6.61 Å². The number of carbonyl (C=O) groups excluding carboxylic acids is 1. The molecule has 4 bridgehead atoms. The van der Waals surface area contributed by atoms with E-state index in [1.54, 1.807) is 0 Å². The van der Waals surface area contributed by atoms with Gasteiger partial charge in [0.15, 0.2) is 0 Å². The summed E-state index contributed by atoms with van der Waals surface area (Å²) in [6, 6.07) is 13.1. The minimum Gasteiger partial charge on any atom is -0.691 e. The molecular formula is C27H27F2O5S-. The Bertz CT molecular complexity index is 1170. The number of aryl methyl sites for hydroxylation is 1. The van der Waals surface area contributed by atoms with E-state index in [0.29, 0.717) is 11.8 Å². The Labute approximate surface area is 207 Å². The zero-order valence-corrected chi connectivity index (χ0v) is 20.3. The number of ether oxygens (including phenoxy) is 1. The summed E-state index contributed by atoms with van der Waals surface area (Å²) in [4.78, 5) is 12.1. The van der Waals surface area contributed by atoms with Crippen molar-refractivity contribution in [2.75, 3.05) is 6.61 Å². The van der Waals surface area contributed by atoms with Gasteiger partial charge in [-0.2, -0.15) is 13.1 Å². The Morgan fingerprint density at radius 2 is 1.89 bits per heavy atom. The van der Waals surface area contributed by atoms with Crippen LogP contribution in [-0.4, -0.2) is 17.8 Å². The second kappa shape index (κ2) is 8.26. The normalized spacial score (nSPS) is 30.3. The first-order valence-corrected chi connectivity index (χ1v) is 12.9. The predicted molar refractivity (Wildman–Crippen MR) is 124 cm³/mol. The van der Waals surface area contributed by atoms with Crippen molar-refractivity contribution in [3.63, 3.8) is 0 Å². The summed E-state index contributed by atoms with van der Waals surface area (Å²) in [5.74, 6) is -0.693. The highest BCUT2D eigenvalue weighted by molar-refractivity contribution is 7.96. The van der Waals surface area contributed by atoms with E-state index in [-0.39, 0.29) is 17.4 Å². The van der Waals surface area contributed by atoms with Gasteiger partial charge >= 0.3 is 11.2 Å². The smallest absolute Gasteiger partial charge is 0.415 e. The second-order valence-corrected chi connectivity index (χ2v) is 12.0. The van der Waals surface area contributed by atoms with Crippen LogP contribution in [0.5, 0.6) is 0 Å². The van der Waals surface area contributed by atoms with Crippen molar-refractivity contribution in [2.45, 2.75) is 62.5 Å². The lowest BCUT2D eigenvalue weighted by atomic mass is 9.42. The van der Waals surface area contributed by atoms with Gasteiger partial charge < -0.3 is 9.99 Å². The van der Waals surface area contributed by atoms with Crippen LogP contribution in [0.3, 0.4) is 0 Å². The third-order valence-electron chi connectivity index (χ3n) is 8.84. The van der Waals surface area contributed by atoms with Crippen LogP contribution >= 0.6 is 12.0 Å². The average molecular weight is 502 g/mol. The lowest BCUT2D eigenvalue weighted by Crippen LogP contribution is -2.56. The van der Waals surface area contributed by atoms with Crippen molar-refractivity contribution in [1.29, 1.82) is 0 Å². The second-order valence-electron chi connectivity index (χ2n) is 11.2. The molecule has 4 fully saturated rings. The first-order valence-electron chi connectivity index (χ1n) is 12.1. The lowest BCUT2D eigenvalue weighted by molar-refractivity contribution is -0.777. The molecule has 2 aromatic carbocycles. The van der Waals surface area contributed by atoms with E-state index in [4.69, 9.17) is 4.74 Å². The Kier molecular flexibility index (Phi) is 5.53. The summed E-state index contributed by atoms with van der Waals surface area (Å²) in [7, 11) is 0. The fraction of sp³-hybridized carbons (Fsp3) is 0.519. The quantitative estimate of drug-likeness (QED) is 0.187. The average Bonchev–Trinajstić information content (AvgIpc) is 3.21. The van der Waals surface area contributed by atoms with Crippen LogP contribution in [0.25, 0.3) is 11.1 Å². The number of esters is 1. The van der Waals surface area contributed by atoms with Crippen molar-refractivity contribution in [3.05, 3.63) is 58.7 Å². The molecule has 35 heavy (non-hydrogen) atoms. The van der Waals surface area contributed by atoms with Crippen LogP contribution in [-0.2, 0) is 30.7 Å². The fourth-order valence-electron chi connectivity index (χ4n) is 8.26. The maximum atomic E-state index is 14.0. The van der Waals surface area contributed by atoms with Crippen LogP contribution in [0, 0.1) is 24.2 Å². The molecule has 186 valence electrons. The number of hydrogen-bond acceptors (Lipinski definition) is 6. The first-order chi connectivity index (χ1) is 16.7. The number of hydrogen-bond donors (Lipinski definition) is 0. The Morgan fingerprint density at radius 3 is 2.63 bits per heavy atom. The number of rotatable bonds is 7. The summed E-state index contributed by atoms with van der Waals surface area (Å²) in [5, 5.41) is 8.86. The zero-order valence-electron chi connectivity index (χ0n) is 19.5. The van der Waals surface area contributed by atoms with Crippen molar-refractivity contribution in [3.8, 4) is 11.1 Å². The maximum absolute atomic E-state index is 14.0. The van der Waals surface area contributed by atoms with E-state index in [9.17, 15) is 18.8 Å². The maximum Gasteiger partial charge on any atom is 0.415 e. The molecule has 5 nitrogen and oxygen atoms in total. The number of halogens is 2. The molecular weight excluding hydrogens is 474 g/mol. The number of fused-ring (bicyclic) bond motifs is 3. The molecule has 7 rings (SSSR count). The van der Waals surface area contributed by atoms with E-state index in [0.717, 1.165) is 44.9 Å². The van der Waals surface area contributed by atoms with Crippen LogP contribution in [0.2, 0.25) is 0 Å². The number of alkyl halides is 2. The highest BCUT2D eigenvalue weighted by Gasteiger charge is 2.59. The van der Waals surface area contributed by atoms with Gasteiger partial charge in [0.1, 0.15) is 12.0 Å². The third kappa shape index (κ3) is 3.80. The predicted octanol–water partition coefficient (Wildman–Crippen LogP) is 5.41. The van der Waals surface area contributed by atoms with Crippen LogP contribution < -0.4 is 5.26 Å². The van der Waals surface area contributed by atoms with Gasteiger partial charge in [-0.05, 0) is 103 Å². The van der Waals surface area contributed by atoms with Gasteiger partial charge in [0.25, 0.3) is 0 Å². The van der Waals surface area contributed by atoms with E-state index in [1.807, 2.05) is 0 Å². The molecule has 0 amide bonds. The van der Waals surface area contributed by atoms with Crippen molar-refractivity contribution in [2.24, 2.45) is 17.3 Å². The largest absolute Gasteiger partial charge is 0.691 e. The van der Waals surface area contributed by atoms with E-state index >= 15 is 0 Å². The summed E-state index contributed by atoms with van der Waals surface area (Å²) in [6.07, 6.45) is 6.92. The molecule has 0 N–H and O–H groups in total. The Hall–Kier alpha value is -2.00. The van der Waals surface area contributed by atoms with Crippen molar-refractivity contribution in [1.82, 2.24) is 0 Å². The topological polar surface area (TPSA) is 67.8 Å². The van der Waals surface area contributed by atoms with Crippen molar-refractivity contribution < 1.29 is 32.9 Å². The highest BCUT2D eigenvalue weighted by Crippen LogP contribution is 2.66. The summed E-state index contributed by atoms with van der Waals surface area (Å²) in [5.41, 5.74) is 7.80. The van der Waals surface area contributed by atoms with Gasteiger partial charge in [-0.3, -0.25) is 5.04 Å². The zero-order chi connectivity index (χ0) is 24.4. The van der Waals surface area contributed by atoms with Gasteiger partial charge in [-0.25, -0.2) is 4.79 Å². The summed E-state index contributed by atoms with van der Waals surface area (Å²) >= 11 is -0.634. The number of benzene rings is 2. The van der Waals surface area contributed by atoms with Gasteiger partial charge in [0.2, 0.25) is 0 Å². The third-order valence-corrected chi connectivity index (χ3v) is 9.34. The van der Waals surface area contributed by atoms with E-state index in [2.05, 4.69) is 52.7 Å². The van der Waals surface area contributed by atoms with Crippen molar-refractivity contribution >= 4 is 18.0 Å². The van der Waals surface area contributed by atoms with Crippen LogP contribution in [0.15, 0.2) is 36.4 Å². The summed E-state index contributed by atoms with van der Waals surface area (Å²) < 4.78 is 36.8. The molecule has 5 aliphatic rings. The molecule has 0 saturated heterocycles. The number of carbonyl (C=O) groups is 1. The molecule has 0 heterocycles. The lowest BCUT2D eigenvalue weighted by Gasteiger charge is -2.62.